The number of alkyl halides is 3. The van der Waals surface area contributed by atoms with Crippen LogP contribution in [-0.2, 0) is 4.74 Å². The Morgan fingerprint density at radius 1 is 1.24 bits per heavy atom. The molecule has 0 aromatic rings. The molecular weight excluding hydrogens is 279 g/mol. The molecule has 1 aliphatic carbocycles. The Morgan fingerprint density at radius 2 is 1.86 bits per heavy atom. The Kier molecular flexibility index (Phi) is 4.66. The Balaban J connectivity index is 1.97. The van der Waals surface area contributed by atoms with E-state index in [-0.39, 0.29) is 18.9 Å². The molecule has 5 heteroatoms. The third-order valence-corrected chi connectivity index (χ3v) is 5.17. The quantitative estimate of drug-likeness (QED) is 0.758. The molecule has 1 aliphatic heterocycles. The second-order valence-electron chi connectivity index (χ2n) is 7.81. The summed E-state index contributed by atoms with van der Waals surface area (Å²) in [5, 5.41) is 0. The maximum atomic E-state index is 13.3. The molecule has 2 fully saturated rings. The van der Waals surface area contributed by atoms with Gasteiger partial charge in [0.1, 0.15) is 0 Å². The van der Waals surface area contributed by atoms with Gasteiger partial charge in [0.15, 0.2) is 0 Å². The molecule has 1 unspecified atom stereocenters. The minimum Gasteiger partial charge on any atom is -0.376 e. The van der Waals surface area contributed by atoms with E-state index in [1.165, 1.54) is 0 Å². The Bertz CT molecular complexity index is 361. The molecule has 0 bridgehead atoms. The van der Waals surface area contributed by atoms with Gasteiger partial charge in [-0.3, -0.25) is 4.90 Å². The zero-order chi connectivity index (χ0) is 15.9. The van der Waals surface area contributed by atoms with Crippen molar-refractivity contribution in [1.29, 1.82) is 0 Å². The predicted molar refractivity (Wildman–Crippen MR) is 77.1 cm³/mol. The van der Waals surface area contributed by atoms with Crippen LogP contribution in [0, 0.1) is 16.7 Å². The van der Waals surface area contributed by atoms with Crippen LogP contribution in [0.1, 0.15) is 47.0 Å². The summed E-state index contributed by atoms with van der Waals surface area (Å²) in [6, 6.07) is 0. The third-order valence-electron chi connectivity index (χ3n) is 5.17. The van der Waals surface area contributed by atoms with Crippen molar-refractivity contribution in [2.24, 2.45) is 16.7 Å². The first-order valence-corrected chi connectivity index (χ1v) is 7.98. The number of ether oxygens (including phenoxy) is 1. The highest BCUT2D eigenvalue weighted by Gasteiger charge is 2.70. The topological polar surface area (TPSA) is 12.5 Å². The van der Waals surface area contributed by atoms with E-state index in [4.69, 9.17) is 4.74 Å². The van der Waals surface area contributed by atoms with Crippen LogP contribution in [0.5, 0.6) is 0 Å². The van der Waals surface area contributed by atoms with E-state index in [1.54, 1.807) is 13.8 Å². The first-order chi connectivity index (χ1) is 9.57. The highest BCUT2D eigenvalue weighted by Crippen LogP contribution is 2.68. The predicted octanol–water partition coefficient (Wildman–Crippen LogP) is 4.10. The summed E-state index contributed by atoms with van der Waals surface area (Å²) in [4.78, 5) is 2.32. The fourth-order valence-corrected chi connectivity index (χ4v) is 3.82. The SMILES string of the molecule is CC(C)CN1CCOC(CC(C)(C)C2(C(F)(F)F)CC2)C1. The largest absolute Gasteiger partial charge is 0.395 e. The number of hydrogen-bond acceptors (Lipinski definition) is 2. The second kappa shape index (κ2) is 5.73. The first-order valence-electron chi connectivity index (χ1n) is 7.98. The van der Waals surface area contributed by atoms with Gasteiger partial charge in [0.25, 0.3) is 0 Å². The molecule has 0 radical (unpaired) electrons. The summed E-state index contributed by atoms with van der Waals surface area (Å²) in [6.07, 6.45) is -3.14. The lowest BCUT2D eigenvalue weighted by atomic mass is 9.71. The minimum absolute atomic E-state index is 0.0766. The van der Waals surface area contributed by atoms with Crippen LogP contribution in [0.15, 0.2) is 0 Å². The summed E-state index contributed by atoms with van der Waals surface area (Å²) >= 11 is 0. The fraction of sp³-hybridized carbons (Fsp3) is 1.00. The van der Waals surface area contributed by atoms with Crippen molar-refractivity contribution in [3.05, 3.63) is 0 Å². The Hall–Kier alpha value is -0.290. The van der Waals surface area contributed by atoms with Crippen molar-refractivity contribution in [3.8, 4) is 0 Å². The number of hydrogen-bond donors (Lipinski definition) is 0. The normalized spacial score (nSPS) is 27.1. The van der Waals surface area contributed by atoms with Gasteiger partial charge in [-0.1, -0.05) is 27.7 Å². The monoisotopic (exact) mass is 307 g/mol. The zero-order valence-corrected chi connectivity index (χ0v) is 13.6. The van der Waals surface area contributed by atoms with Crippen LogP contribution in [0.2, 0.25) is 0 Å². The van der Waals surface area contributed by atoms with E-state index in [1.807, 2.05) is 0 Å². The van der Waals surface area contributed by atoms with Crippen LogP contribution < -0.4 is 0 Å². The molecule has 1 saturated heterocycles. The van der Waals surface area contributed by atoms with E-state index < -0.39 is 17.0 Å². The molecule has 0 amide bonds. The first kappa shape index (κ1) is 17.1. The molecule has 2 aliphatic rings. The molecular formula is C16H28F3NO. The molecule has 0 spiro atoms. The lowest BCUT2D eigenvalue weighted by Gasteiger charge is -2.42. The summed E-state index contributed by atoms with van der Waals surface area (Å²) in [6.45, 7) is 11.1. The smallest absolute Gasteiger partial charge is 0.376 e. The average Bonchev–Trinajstić information content (AvgIpc) is 3.07. The lowest BCUT2D eigenvalue weighted by molar-refractivity contribution is -0.223. The maximum Gasteiger partial charge on any atom is 0.395 e. The number of rotatable bonds is 5. The molecule has 21 heavy (non-hydrogen) atoms. The Labute approximate surface area is 126 Å². The molecule has 1 atom stereocenters. The summed E-state index contributed by atoms with van der Waals surface area (Å²) < 4.78 is 45.8. The maximum absolute atomic E-state index is 13.3. The van der Waals surface area contributed by atoms with Gasteiger partial charge < -0.3 is 4.74 Å². The number of halogens is 3. The van der Waals surface area contributed by atoms with Crippen molar-refractivity contribution in [2.45, 2.75) is 59.2 Å². The summed E-state index contributed by atoms with van der Waals surface area (Å²) in [5.41, 5.74) is -2.24. The third kappa shape index (κ3) is 3.55. The van der Waals surface area contributed by atoms with Gasteiger partial charge in [0, 0.05) is 19.6 Å². The van der Waals surface area contributed by atoms with Gasteiger partial charge in [0.05, 0.1) is 18.1 Å². The average molecular weight is 307 g/mol. The van der Waals surface area contributed by atoms with Crippen LogP contribution in [0.3, 0.4) is 0 Å². The van der Waals surface area contributed by atoms with Crippen molar-refractivity contribution < 1.29 is 17.9 Å². The van der Waals surface area contributed by atoms with E-state index in [2.05, 4.69) is 18.7 Å². The summed E-state index contributed by atoms with van der Waals surface area (Å²) in [5.74, 6) is 0.571. The highest BCUT2D eigenvalue weighted by molar-refractivity contribution is 5.08. The van der Waals surface area contributed by atoms with Gasteiger partial charge in [-0.15, -0.1) is 0 Å². The lowest BCUT2D eigenvalue weighted by Crippen LogP contribution is -2.48. The van der Waals surface area contributed by atoms with Crippen LogP contribution >= 0.6 is 0 Å². The molecule has 0 aromatic carbocycles. The van der Waals surface area contributed by atoms with Crippen molar-refractivity contribution in [2.75, 3.05) is 26.2 Å². The molecule has 2 rings (SSSR count). The van der Waals surface area contributed by atoms with Crippen molar-refractivity contribution in [3.63, 3.8) is 0 Å². The number of morpholine rings is 1. The van der Waals surface area contributed by atoms with E-state index >= 15 is 0 Å². The zero-order valence-electron chi connectivity index (χ0n) is 13.6. The van der Waals surface area contributed by atoms with Crippen LogP contribution in [0.4, 0.5) is 13.2 Å². The molecule has 0 aromatic heterocycles. The van der Waals surface area contributed by atoms with E-state index in [0.29, 0.717) is 18.9 Å². The standard InChI is InChI=1S/C16H28F3NO/c1-12(2)10-20-7-8-21-13(11-20)9-14(3,4)15(5-6-15)16(17,18)19/h12-13H,5-11H2,1-4H3. The molecule has 0 N–H and O–H groups in total. The van der Waals surface area contributed by atoms with Crippen LogP contribution in [-0.4, -0.2) is 43.4 Å². The minimum atomic E-state index is -4.09. The van der Waals surface area contributed by atoms with E-state index in [9.17, 15) is 13.2 Å². The van der Waals surface area contributed by atoms with Gasteiger partial charge in [-0.25, -0.2) is 0 Å². The van der Waals surface area contributed by atoms with Gasteiger partial charge in [-0.2, -0.15) is 13.2 Å². The molecule has 124 valence electrons. The Morgan fingerprint density at radius 3 is 2.33 bits per heavy atom. The highest BCUT2D eigenvalue weighted by atomic mass is 19.4. The van der Waals surface area contributed by atoms with Gasteiger partial charge in [-0.05, 0) is 30.6 Å². The fourth-order valence-electron chi connectivity index (χ4n) is 3.82. The molecule has 2 nitrogen and oxygen atoms in total. The second-order valence-corrected chi connectivity index (χ2v) is 7.81. The van der Waals surface area contributed by atoms with Gasteiger partial charge in [0.2, 0.25) is 0 Å². The molecule has 1 heterocycles. The number of nitrogens with zero attached hydrogens (tertiary/aromatic N) is 1. The van der Waals surface area contributed by atoms with Gasteiger partial charge >= 0.3 is 6.18 Å². The van der Waals surface area contributed by atoms with E-state index in [0.717, 1.165) is 19.6 Å². The van der Waals surface area contributed by atoms with Crippen molar-refractivity contribution >= 4 is 0 Å². The van der Waals surface area contributed by atoms with Crippen LogP contribution in [0.25, 0.3) is 0 Å². The summed E-state index contributed by atoms with van der Waals surface area (Å²) in [7, 11) is 0. The molecule has 1 saturated carbocycles. The van der Waals surface area contributed by atoms with Crippen molar-refractivity contribution in [1.82, 2.24) is 4.90 Å².